The summed E-state index contributed by atoms with van der Waals surface area (Å²) in [5, 5.41) is 50.1. The molecule has 63 heavy (non-hydrogen) atoms. The van der Waals surface area contributed by atoms with Crippen molar-refractivity contribution in [3.05, 3.63) is 85.1 Å². The van der Waals surface area contributed by atoms with Crippen molar-refractivity contribution in [1.29, 1.82) is 0 Å². The second-order valence-corrected chi connectivity index (χ2v) is 17.3. The summed E-state index contributed by atoms with van der Waals surface area (Å²) in [5.74, 6) is -1.23. The Hall–Kier alpha value is -2.97. The molecule has 6 N–H and O–H groups in total. The van der Waals surface area contributed by atoms with Gasteiger partial charge >= 0.3 is 19.8 Å². The van der Waals surface area contributed by atoms with Gasteiger partial charge in [0, 0.05) is 12.8 Å². The van der Waals surface area contributed by atoms with Crippen LogP contribution in [0.1, 0.15) is 155 Å². The molecule has 0 spiro atoms. The maximum atomic E-state index is 12.8. The van der Waals surface area contributed by atoms with E-state index in [1.54, 1.807) is 0 Å². The highest BCUT2D eigenvalue weighted by molar-refractivity contribution is 7.47. The highest BCUT2D eigenvalue weighted by atomic mass is 31.2. The molecule has 6 unspecified atom stereocenters. The molecule has 0 amide bonds. The average Bonchev–Trinajstić information content (AvgIpc) is 3.26. The van der Waals surface area contributed by atoms with Crippen molar-refractivity contribution in [2.75, 3.05) is 13.2 Å². The zero-order chi connectivity index (χ0) is 46.4. The molecule has 1 saturated carbocycles. The Kier molecular flexibility index (Phi) is 35.3. The largest absolute Gasteiger partial charge is 0.472 e. The number of allylic oxidation sites excluding steroid dienone is 14. The highest BCUT2D eigenvalue weighted by Crippen LogP contribution is 2.47. The van der Waals surface area contributed by atoms with Gasteiger partial charge in [0.05, 0.1) is 6.61 Å². The predicted molar refractivity (Wildman–Crippen MR) is 248 cm³/mol. The Labute approximate surface area is 378 Å². The summed E-state index contributed by atoms with van der Waals surface area (Å²) < 4.78 is 33.4. The lowest BCUT2D eigenvalue weighted by molar-refractivity contribution is -0.220. The van der Waals surface area contributed by atoms with Gasteiger partial charge in [-0.25, -0.2) is 4.57 Å². The Bertz CT molecular complexity index is 1420. The van der Waals surface area contributed by atoms with Crippen molar-refractivity contribution in [3.8, 4) is 0 Å². The number of hydrogen-bond acceptors (Lipinski definition) is 12. The first-order chi connectivity index (χ1) is 30.4. The van der Waals surface area contributed by atoms with Crippen LogP contribution < -0.4 is 0 Å². The molecule has 0 radical (unpaired) electrons. The fraction of sp³-hybridized carbons (Fsp3) is 0.673. The zero-order valence-corrected chi connectivity index (χ0v) is 39.0. The molecule has 360 valence electrons. The van der Waals surface area contributed by atoms with Crippen LogP contribution in [0.2, 0.25) is 0 Å². The molecule has 0 aromatic heterocycles. The summed E-state index contributed by atoms with van der Waals surface area (Å²) in [7, 11) is -5.15. The Balaban J connectivity index is 2.53. The Morgan fingerprint density at radius 3 is 1.44 bits per heavy atom. The second-order valence-electron chi connectivity index (χ2n) is 15.9. The molecule has 0 bridgehead atoms. The molecule has 1 aliphatic rings. The average molecular weight is 909 g/mol. The number of ether oxygens (including phenoxy) is 2. The lowest BCUT2D eigenvalue weighted by Gasteiger charge is -2.41. The van der Waals surface area contributed by atoms with Crippen molar-refractivity contribution in [1.82, 2.24) is 0 Å². The van der Waals surface area contributed by atoms with Gasteiger partial charge in [0.15, 0.2) is 6.10 Å². The molecule has 0 heterocycles. The van der Waals surface area contributed by atoms with Gasteiger partial charge < -0.3 is 39.9 Å². The molecular formula is C49H81O13P. The van der Waals surface area contributed by atoms with E-state index in [-0.39, 0.29) is 12.8 Å². The van der Waals surface area contributed by atoms with Gasteiger partial charge in [0.25, 0.3) is 0 Å². The third-order valence-electron chi connectivity index (χ3n) is 10.2. The number of phosphoric acid groups is 1. The Morgan fingerprint density at radius 2 is 0.937 bits per heavy atom. The van der Waals surface area contributed by atoms with E-state index < -0.39 is 75.7 Å². The van der Waals surface area contributed by atoms with E-state index in [0.29, 0.717) is 19.3 Å². The molecule has 1 aliphatic carbocycles. The molecule has 13 nitrogen and oxygen atoms in total. The maximum absolute atomic E-state index is 12.8. The lowest BCUT2D eigenvalue weighted by atomic mass is 9.85. The summed E-state index contributed by atoms with van der Waals surface area (Å²) in [6.45, 7) is 3.09. The summed E-state index contributed by atoms with van der Waals surface area (Å²) >= 11 is 0. The van der Waals surface area contributed by atoms with Crippen LogP contribution in [0.5, 0.6) is 0 Å². The summed E-state index contributed by atoms with van der Waals surface area (Å²) in [5.41, 5.74) is 0. The summed E-state index contributed by atoms with van der Waals surface area (Å²) in [6.07, 6.45) is 36.5. The molecule has 1 fully saturated rings. The molecule has 1 rings (SSSR count). The molecule has 0 saturated heterocycles. The van der Waals surface area contributed by atoms with Crippen LogP contribution in [0.25, 0.3) is 0 Å². The second kappa shape index (κ2) is 38.3. The minimum Gasteiger partial charge on any atom is -0.462 e. The molecule has 0 aliphatic heterocycles. The number of unbranched alkanes of at least 4 members (excludes halogenated alkanes) is 11. The number of aliphatic hydroxyl groups excluding tert-OH is 5. The third kappa shape index (κ3) is 30.7. The number of esters is 2. The van der Waals surface area contributed by atoms with E-state index in [2.05, 4.69) is 80.7 Å². The zero-order valence-electron chi connectivity index (χ0n) is 38.1. The van der Waals surface area contributed by atoms with Crippen LogP contribution in [0.3, 0.4) is 0 Å². The first-order valence-electron chi connectivity index (χ1n) is 23.4. The van der Waals surface area contributed by atoms with Crippen molar-refractivity contribution < 1.29 is 63.1 Å². The predicted octanol–water partition coefficient (Wildman–Crippen LogP) is 9.28. The number of carbonyl (C=O) groups excluding carboxylic acids is 2. The fourth-order valence-corrected chi connectivity index (χ4v) is 7.46. The van der Waals surface area contributed by atoms with E-state index in [1.165, 1.54) is 57.8 Å². The fourth-order valence-electron chi connectivity index (χ4n) is 6.48. The van der Waals surface area contributed by atoms with Crippen LogP contribution >= 0.6 is 7.82 Å². The third-order valence-corrected chi connectivity index (χ3v) is 11.2. The minimum absolute atomic E-state index is 0.0366. The number of rotatable bonds is 37. The number of aliphatic hydroxyl groups is 5. The monoisotopic (exact) mass is 909 g/mol. The normalized spacial score (nSPS) is 22.5. The molecular weight excluding hydrogens is 828 g/mol. The van der Waals surface area contributed by atoms with Crippen LogP contribution in [0.15, 0.2) is 85.1 Å². The smallest absolute Gasteiger partial charge is 0.462 e. The summed E-state index contributed by atoms with van der Waals surface area (Å²) in [4.78, 5) is 35.7. The van der Waals surface area contributed by atoms with Crippen LogP contribution in [-0.2, 0) is 32.7 Å². The van der Waals surface area contributed by atoms with Gasteiger partial charge in [-0.05, 0) is 77.0 Å². The lowest BCUT2D eigenvalue weighted by Crippen LogP contribution is -2.64. The van der Waals surface area contributed by atoms with Gasteiger partial charge in [0.1, 0.15) is 43.2 Å². The van der Waals surface area contributed by atoms with Crippen LogP contribution in [0, 0.1) is 0 Å². The molecule has 14 heteroatoms. The van der Waals surface area contributed by atoms with E-state index in [0.717, 1.165) is 51.4 Å². The number of phosphoric ester groups is 1. The first kappa shape index (κ1) is 58.0. The van der Waals surface area contributed by atoms with E-state index in [1.807, 2.05) is 18.2 Å². The van der Waals surface area contributed by atoms with Gasteiger partial charge in [-0.15, -0.1) is 0 Å². The van der Waals surface area contributed by atoms with Crippen molar-refractivity contribution >= 4 is 19.8 Å². The van der Waals surface area contributed by atoms with Gasteiger partial charge in [-0.2, -0.15) is 0 Å². The SMILES string of the molecule is CC/C=C/C/C=C/C/C=C/C/C=C/C/C=C/C/C=C/CCC(=O)O[C@H](COC(=O)CCCC/C=C/CCCCCCCCCCC)COP(=O)(O)OC1C(O)C(O)C(O)[C@@H](O)C1O. The molecule has 0 aromatic rings. The standard InChI is InChI=1S/C49H81O13P/c1-3-5-7-9-11-13-15-17-19-20-21-22-24-26-28-30-32-34-36-38-43(51)61-41(40-60-63(57,58)62-49-47(55)45(53)44(52)46(54)48(49)56)39-59-42(50)37-35-33-31-29-27-25-23-18-16-14-12-10-8-6-4-2/h5,7,11,13,17,19,21-22,26-29,32,34,41,44-49,52-56H,3-4,6,8-10,12,14-16,18,20,23-25,30-31,33,35-40H2,1-2H3,(H,57,58)/b7-5+,13-11+,19-17+,22-21+,28-26+,29-27+,34-32+/t41-,44?,45-,46?,47?,48?,49?/m1/s1. The van der Waals surface area contributed by atoms with Crippen LogP contribution in [0.4, 0.5) is 0 Å². The topological polar surface area (TPSA) is 210 Å². The van der Waals surface area contributed by atoms with Crippen molar-refractivity contribution in [2.45, 2.75) is 198 Å². The van der Waals surface area contributed by atoms with Gasteiger partial charge in [-0.1, -0.05) is 150 Å². The minimum atomic E-state index is -5.15. The van der Waals surface area contributed by atoms with E-state index in [4.69, 9.17) is 18.5 Å². The highest BCUT2D eigenvalue weighted by Gasteiger charge is 2.51. The molecule has 0 aromatic carbocycles. The van der Waals surface area contributed by atoms with Crippen molar-refractivity contribution in [3.63, 3.8) is 0 Å². The van der Waals surface area contributed by atoms with Gasteiger partial charge in [0.2, 0.25) is 0 Å². The maximum Gasteiger partial charge on any atom is 0.472 e. The molecule has 8 atom stereocenters. The first-order valence-corrected chi connectivity index (χ1v) is 24.9. The van der Waals surface area contributed by atoms with Crippen molar-refractivity contribution in [2.24, 2.45) is 0 Å². The van der Waals surface area contributed by atoms with E-state index >= 15 is 0 Å². The Morgan fingerprint density at radius 1 is 0.508 bits per heavy atom. The van der Waals surface area contributed by atoms with E-state index in [9.17, 15) is 44.6 Å². The number of carbonyl (C=O) groups is 2. The quantitative estimate of drug-likeness (QED) is 0.0149. The van der Waals surface area contributed by atoms with Gasteiger partial charge in [-0.3, -0.25) is 18.6 Å². The summed E-state index contributed by atoms with van der Waals surface area (Å²) in [6, 6.07) is 0. The van der Waals surface area contributed by atoms with Crippen LogP contribution in [-0.4, -0.2) is 98.3 Å². The number of hydrogen-bond donors (Lipinski definition) is 6.